The molecule has 0 atom stereocenters. The second kappa shape index (κ2) is 7.49. The molecule has 5 rings (SSSR count). The number of thiazole rings is 1. The molecule has 3 aromatic rings. The van der Waals surface area contributed by atoms with Crippen LogP contribution in [0, 0.1) is 0 Å². The third kappa shape index (κ3) is 3.21. The normalized spacial score (nSPS) is 16.5. The summed E-state index contributed by atoms with van der Waals surface area (Å²) >= 11 is 1.55. The van der Waals surface area contributed by atoms with Gasteiger partial charge in [0.05, 0.1) is 11.1 Å². The van der Waals surface area contributed by atoms with Gasteiger partial charge in [-0.2, -0.15) is 0 Å². The zero-order valence-corrected chi connectivity index (χ0v) is 17.0. The molecule has 8 nitrogen and oxygen atoms in total. The molecule has 30 heavy (non-hydrogen) atoms. The highest BCUT2D eigenvalue weighted by atomic mass is 32.1. The zero-order valence-electron chi connectivity index (χ0n) is 16.2. The Kier molecular flexibility index (Phi) is 4.66. The number of anilines is 1. The Bertz CT molecular complexity index is 1080. The number of benzene rings is 1. The van der Waals surface area contributed by atoms with Gasteiger partial charge in [0.2, 0.25) is 5.91 Å². The number of nitrogens with zero attached hydrogens (tertiary/aromatic N) is 5. The highest BCUT2D eigenvalue weighted by Crippen LogP contribution is 2.28. The van der Waals surface area contributed by atoms with E-state index in [1.165, 1.54) is 4.90 Å². The first-order valence-corrected chi connectivity index (χ1v) is 10.6. The van der Waals surface area contributed by atoms with Crippen LogP contribution in [0.4, 0.5) is 5.13 Å². The van der Waals surface area contributed by atoms with Gasteiger partial charge in [0.15, 0.2) is 5.13 Å². The molecule has 0 saturated carbocycles. The maximum Gasteiger partial charge on any atom is 0.261 e. The number of amides is 3. The van der Waals surface area contributed by atoms with Crippen molar-refractivity contribution in [1.29, 1.82) is 0 Å². The minimum absolute atomic E-state index is 0.0443. The van der Waals surface area contributed by atoms with Crippen molar-refractivity contribution in [2.45, 2.75) is 6.42 Å². The van der Waals surface area contributed by atoms with E-state index in [1.54, 1.807) is 46.7 Å². The van der Waals surface area contributed by atoms with Gasteiger partial charge in [-0.3, -0.25) is 19.3 Å². The van der Waals surface area contributed by atoms with E-state index in [0.717, 1.165) is 15.5 Å². The molecule has 0 spiro atoms. The van der Waals surface area contributed by atoms with Crippen molar-refractivity contribution in [2.24, 2.45) is 0 Å². The fourth-order valence-electron chi connectivity index (χ4n) is 3.85. The van der Waals surface area contributed by atoms with Gasteiger partial charge in [-0.1, -0.05) is 23.5 Å². The molecule has 2 aliphatic heterocycles. The number of rotatable bonds is 4. The van der Waals surface area contributed by atoms with Gasteiger partial charge in [-0.25, -0.2) is 9.97 Å². The Hall–Kier alpha value is -3.33. The highest BCUT2D eigenvalue weighted by molar-refractivity contribution is 7.21. The minimum atomic E-state index is -0.322. The molecule has 3 amide bonds. The highest BCUT2D eigenvalue weighted by Gasteiger charge is 2.35. The Labute approximate surface area is 176 Å². The van der Waals surface area contributed by atoms with E-state index in [9.17, 15) is 14.4 Å². The van der Waals surface area contributed by atoms with Crippen molar-refractivity contribution in [1.82, 2.24) is 19.8 Å². The number of hydrogen-bond donors (Lipinski definition) is 0. The fraction of sp³-hybridized carbons (Fsp3) is 0.286. The van der Waals surface area contributed by atoms with Crippen LogP contribution in [0.2, 0.25) is 0 Å². The minimum Gasteiger partial charge on any atom is -0.344 e. The van der Waals surface area contributed by atoms with Crippen LogP contribution in [0.25, 0.3) is 10.3 Å². The molecule has 1 fully saturated rings. The topological polar surface area (TPSA) is 86.7 Å². The maximum absolute atomic E-state index is 12.7. The van der Waals surface area contributed by atoms with E-state index in [4.69, 9.17) is 0 Å². The van der Waals surface area contributed by atoms with Crippen molar-refractivity contribution in [3.05, 3.63) is 53.7 Å². The van der Waals surface area contributed by atoms with Gasteiger partial charge in [-0.15, -0.1) is 0 Å². The number of piperazine rings is 1. The summed E-state index contributed by atoms with van der Waals surface area (Å²) in [6, 6.07) is 10.6. The molecule has 0 aliphatic carbocycles. The van der Waals surface area contributed by atoms with E-state index < -0.39 is 0 Å². The maximum atomic E-state index is 12.7. The predicted molar refractivity (Wildman–Crippen MR) is 113 cm³/mol. The second-order valence-corrected chi connectivity index (χ2v) is 8.21. The first-order chi connectivity index (χ1) is 14.6. The van der Waals surface area contributed by atoms with Crippen LogP contribution in [0.15, 0.2) is 42.6 Å². The van der Waals surface area contributed by atoms with Crippen molar-refractivity contribution < 1.29 is 14.4 Å². The lowest BCUT2D eigenvalue weighted by atomic mass is 10.1. The number of carbonyl (C=O) groups is 3. The molecule has 1 aromatic carbocycles. The van der Waals surface area contributed by atoms with E-state index >= 15 is 0 Å². The Morgan fingerprint density at radius 1 is 0.967 bits per heavy atom. The van der Waals surface area contributed by atoms with Gasteiger partial charge in [-0.05, 0) is 24.3 Å². The molecule has 0 radical (unpaired) electrons. The van der Waals surface area contributed by atoms with Crippen LogP contribution < -0.4 is 4.90 Å². The summed E-state index contributed by atoms with van der Waals surface area (Å²) < 4.78 is 0. The number of fused-ring (bicyclic) bond motifs is 2. The van der Waals surface area contributed by atoms with Gasteiger partial charge in [0.1, 0.15) is 10.3 Å². The average Bonchev–Trinajstić information content (AvgIpc) is 3.32. The second-order valence-electron chi connectivity index (χ2n) is 7.25. The number of carbonyl (C=O) groups excluding carboxylic acids is 3. The lowest BCUT2D eigenvalue weighted by Gasteiger charge is -2.34. The van der Waals surface area contributed by atoms with Crippen LogP contribution in [-0.2, 0) is 4.79 Å². The summed E-state index contributed by atoms with van der Waals surface area (Å²) in [6.45, 7) is 2.67. The van der Waals surface area contributed by atoms with Gasteiger partial charge in [0, 0.05) is 45.3 Å². The molecule has 0 bridgehead atoms. The summed E-state index contributed by atoms with van der Waals surface area (Å²) in [5.74, 6) is -0.687. The lowest BCUT2D eigenvalue weighted by molar-refractivity contribution is -0.131. The third-order valence-electron chi connectivity index (χ3n) is 5.49. The zero-order chi connectivity index (χ0) is 20.7. The lowest BCUT2D eigenvalue weighted by Crippen LogP contribution is -2.49. The average molecular weight is 421 g/mol. The van der Waals surface area contributed by atoms with E-state index in [-0.39, 0.29) is 30.7 Å². The molecule has 0 unspecified atom stereocenters. The molecular formula is C21H19N5O3S. The number of hydrogen-bond acceptors (Lipinski definition) is 7. The van der Waals surface area contributed by atoms with Crippen molar-refractivity contribution in [3.63, 3.8) is 0 Å². The van der Waals surface area contributed by atoms with E-state index in [1.807, 2.05) is 12.1 Å². The Morgan fingerprint density at radius 2 is 1.67 bits per heavy atom. The molecule has 152 valence electrons. The van der Waals surface area contributed by atoms with Crippen LogP contribution in [0.1, 0.15) is 27.1 Å². The largest absolute Gasteiger partial charge is 0.344 e. The Morgan fingerprint density at radius 3 is 2.33 bits per heavy atom. The van der Waals surface area contributed by atoms with Crippen LogP contribution >= 0.6 is 11.3 Å². The molecule has 0 N–H and O–H groups in total. The third-order valence-corrected chi connectivity index (χ3v) is 6.53. The summed E-state index contributed by atoms with van der Waals surface area (Å²) in [6.07, 6.45) is 1.89. The molecule has 1 saturated heterocycles. The first kappa shape index (κ1) is 18.7. The summed E-state index contributed by atoms with van der Waals surface area (Å²) in [7, 11) is 0. The standard InChI is InChI=1S/C21H19N5O3S/c27-17(7-9-26-19(28)14-4-1-2-5-15(14)20(26)29)24-10-12-25(13-11-24)21-23-16-6-3-8-22-18(16)30-21/h1-6,8H,7,9-13H2. The summed E-state index contributed by atoms with van der Waals surface area (Å²) in [4.78, 5) is 52.5. The molecular weight excluding hydrogens is 402 g/mol. The molecule has 4 heterocycles. The first-order valence-electron chi connectivity index (χ1n) is 9.81. The summed E-state index contributed by atoms with van der Waals surface area (Å²) in [5.41, 5.74) is 1.71. The predicted octanol–water partition coefficient (Wildman–Crippen LogP) is 2.03. The quantitative estimate of drug-likeness (QED) is 0.599. The van der Waals surface area contributed by atoms with Crippen LogP contribution in [0.3, 0.4) is 0 Å². The number of pyridine rings is 1. The molecule has 2 aromatic heterocycles. The van der Waals surface area contributed by atoms with Gasteiger partial charge >= 0.3 is 0 Å². The SMILES string of the molecule is O=C(CCN1C(=O)c2ccccc2C1=O)N1CCN(c2nc3cccnc3s2)CC1. The molecule has 2 aliphatic rings. The van der Waals surface area contributed by atoms with Gasteiger partial charge < -0.3 is 9.80 Å². The van der Waals surface area contributed by atoms with Crippen LogP contribution in [0.5, 0.6) is 0 Å². The van der Waals surface area contributed by atoms with E-state index in [2.05, 4.69) is 14.9 Å². The van der Waals surface area contributed by atoms with Crippen molar-refractivity contribution in [2.75, 3.05) is 37.6 Å². The number of aromatic nitrogens is 2. The Balaban J connectivity index is 1.17. The fourth-order valence-corrected chi connectivity index (χ4v) is 4.81. The number of imide groups is 1. The summed E-state index contributed by atoms with van der Waals surface area (Å²) in [5, 5.41) is 0.918. The monoisotopic (exact) mass is 421 g/mol. The van der Waals surface area contributed by atoms with Crippen molar-refractivity contribution >= 4 is 44.5 Å². The smallest absolute Gasteiger partial charge is 0.261 e. The van der Waals surface area contributed by atoms with Gasteiger partial charge in [0.25, 0.3) is 11.8 Å². The van der Waals surface area contributed by atoms with E-state index in [0.29, 0.717) is 37.3 Å². The molecule has 9 heteroatoms. The van der Waals surface area contributed by atoms with Crippen LogP contribution in [-0.4, -0.2) is 70.2 Å². The van der Waals surface area contributed by atoms with Crippen molar-refractivity contribution in [3.8, 4) is 0 Å².